The number of nitrogens with one attached hydrogen (secondary N) is 4. The maximum absolute atomic E-state index is 15.1. The predicted octanol–water partition coefficient (Wildman–Crippen LogP) is 3.56. The lowest BCUT2D eigenvalue weighted by Crippen LogP contribution is -2.37. The van der Waals surface area contributed by atoms with Crippen molar-refractivity contribution in [3.05, 3.63) is 81.1 Å². The molecular weight excluding hydrogens is 559 g/mol. The van der Waals surface area contributed by atoms with Crippen molar-refractivity contribution in [1.29, 1.82) is 5.41 Å². The molecule has 2 atom stereocenters. The second-order valence-corrected chi connectivity index (χ2v) is 11.0. The van der Waals surface area contributed by atoms with Crippen molar-refractivity contribution < 1.29 is 9.50 Å². The molecule has 2 aromatic carbocycles. The standard InChI is InChI=1S/C30H38ClFN8O2/c1-18(33)3-2-4-20-13-24(27(32)25(31)14-20)26-15-21-17-40(30(42)39-28(21)38-26)23-7-5-19(6-8-23)16-37-22(10-12-41)9-11-36-29(34)35/h5-8,13-15,17-18,22,37,41H,2-4,9-12,16,33H2,1H3,(H4,34,35,36)(H,38,39,42)/t18-,22+/m0/s1. The first kappa shape index (κ1) is 31.2. The number of benzene rings is 2. The van der Waals surface area contributed by atoms with E-state index in [1.54, 1.807) is 24.4 Å². The molecule has 12 heteroatoms. The van der Waals surface area contributed by atoms with Crippen molar-refractivity contribution >= 4 is 28.6 Å². The summed E-state index contributed by atoms with van der Waals surface area (Å²) < 4.78 is 16.5. The molecule has 0 amide bonds. The number of aliphatic hydroxyl groups excluding tert-OH is 1. The Morgan fingerprint density at radius 3 is 2.64 bits per heavy atom. The molecule has 0 aliphatic heterocycles. The van der Waals surface area contributed by atoms with Crippen LogP contribution in [-0.2, 0) is 13.0 Å². The molecule has 9 N–H and O–H groups in total. The number of aromatic amines is 1. The maximum atomic E-state index is 15.1. The van der Waals surface area contributed by atoms with Gasteiger partial charge in [-0.05, 0) is 80.5 Å². The van der Waals surface area contributed by atoms with E-state index in [4.69, 9.17) is 28.5 Å². The van der Waals surface area contributed by atoms with E-state index in [1.807, 2.05) is 31.2 Å². The van der Waals surface area contributed by atoms with E-state index in [1.165, 1.54) is 4.57 Å². The van der Waals surface area contributed by atoms with Crippen LogP contribution < -0.4 is 27.8 Å². The molecule has 0 saturated carbocycles. The van der Waals surface area contributed by atoms with Crippen molar-refractivity contribution in [3.8, 4) is 16.9 Å². The Bertz CT molecular complexity index is 1570. The SMILES string of the molecule is C[C@H](N)CCCc1cc(Cl)c(F)c(-c2cc3cn(-c4ccc(CN[C@@H](CCO)CCNC(=N)N)cc4)c(=O)nc3[nH]2)c1. The molecule has 0 unspecified atom stereocenters. The summed E-state index contributed by atoms with van der Waals surface area (Å²) in [5.41, 5.74) is 14.5. The van der Waals surface area contributed by atoms with Gasteiger partial charge in [-0.1, -0.05) is 23.7 Å². The molecule has 10 nitrogen and oxygen atoms in total. The van der Waals surface area contributed by atoms with E-state index in [-0.39, 0.29) is 29.7 Å². The minimum Gasteiger partial charge on any atom is -0.396 e. The number of H-pyrrole nitrogens is 1. The van der Waals surface area contributed by atoms with Gasteiger partial charge in [-0.15, -0.1) is 0 Å². The predicted molar refractivity (Wildman–Crippen MR) is 166 cm³/mol. The minimum atomic E-state index is -0.532. The second-order valence-electron chi connectivity index (χ2n) is 10.6. The third-order valence-corrected chi connectivity index (χ3v) is 7.38. The van der Waals surface area contributed by atoms with Crippen molar-refractivity contribution in [2.75, 3.05) is 13.2 Å². The molecule has 42 heavy (non-hydrogen) atoms. The van der Waals surface area contributed by atoms with Gasteiger partial charge in [0.05, 0.1) is 16.4 Å². The number of nitrogens with two attached hydrogens (primary N) is 2. The van der Waals surface area contributed by atoms with Crippen molar-refractivity contribution in [1.82, 2.24) is 25.2 Å². The molecule has 0 aliphatic rings. The molecule has 224 valence electrons. The van der Waals surface area contributed by atoms with Gasteiger partial charge in [0.1, 0.15) is 5.65 Å². The average Bonchev–Trinajstić information content (AvgIpc) is 3.35. The molecule has 0 radical (unpaired) electrons. The summed E-state index contributed by atoms with van der Waals surface area (Å²) in [6, 6.07) is 12.8. The first-order valence-electron chi connectivity index (χ1n) is 14.0. The highest BCUT2D eigenvalue weighted by Crippen LogP contribution is 2.31. The average molecular weight is 597 g/mol. The fraction of sp³-hybridized carbons (Fsp3) is 0.367. The third-order valence-electron chi connectivity index (χ3n) is 7.11. The van der Waals surface area contributed by atoms with Crippen LogP contribution in [0.25, 0.3) is 28.0 Å². The summed E-state index contributed by atoms with van der Waals surface area (Å²) in [6.45, 7) is 3.11. The van der Waals surface area contributed by atoms with E-state index >= 15 is 4.39 Å². The number of halogens is 2. The Morgan fingerprint density at radius 2 is 1.95 bits per heavy atom. The molecule has 2 aromatic heterocycles. The fourth-order valence-corrected chi connectivity index (χ4v) is 5.10. The summed E-state index contributed by atoms with van der Waals surface area (Å²) in [4.78, 5) is 20.2. The monoisotopic (exact) mass is 596 g/mol. The quantitative estimate of drug-likeness (QED) is 0.0861. The summed E-state index contributed by atoms with van der Waals surface area (Å²) in [7, 11) is 0. The number of hydrogen-bond acceptors (Lipinski definition) is 6. The van der Waals surface area contributed by atoms with Crippen LogP contribution >= 0.6 is 11.6 Å². The number of fused-ring (bicyclic) bond motifs is 1. The van der Waals surface area contributed by atoms with Gasteiger partial charge in [0.2, 0.25) is 0 Å². The first-order valence-corrected chi connectivity index (χ1v) is 14.4. The zero-order chi connectivity index (χ0) is 30.2. The van der Waals surface area contributed by atoms with Crippen molar-refractivity contribution in [3.63, 3.8) is 0 Å². The van der Waals surface area contributed by atoms with Gasteiger partial charge in [0, 0.05) is 48.9 Å². The summed E-state index contributed by atoms with van der Waals surface area (Å²) in [5, 5.41) is 23.5. The van der Waals surface area contributed by atoms with E-state index in [2.05, 4.69) is 20.6 Å². The van der Waals surface area contributed by atoms with Crippen LogP contribution in [0.1, 0.15) is 43.7 Å². The number of aliphatic hydroxyl groups is 1. The minimum absolute atomic E-state index is 0.0412. The topological polar surface area (TPSA) is 171 Å². The Labute approximate surface area is 248 Å². The zero-order valence-electron chi connectivity index (χ0n) is 23.6. The van der Waals surface area contributed by atoms with E-state index in [0.717, 1.165) is 30.4 Å². The number of rotatable bonds is 14. The number of nitrogens with zero attached hydrogens (tertiary/aromatic N) is 2. The third kappa shape index (κ3) is 8.16. The maximum Gasteiger partial charge on any atom is 0.354 e. The highest BCUT2D eigenvalue weighted by molar-refractivity contribution is 6.31. The lowest BCUT2D eigenvalue weighted by molar-refractivity contribution is 0.260. The summed E-state index contributed by atoms with van der Waals surface area (Å²) in [6.07, 6.45) is 5.40. The largest absolute Gasteiger partial charge is 0.396 e. The molecule has 2 heterocycles. The van der Waals surface area contributed by atoms with Gasteiger partial charge in [0.15, 0.2) is 11.8 Å². The molecule has 0 spiro atoms. The Morgan fingerprint density at radius 1 is 1.19 bits per heavy atom. The normalized spacial score (nSPS) is 12.9. The van der Waals surface area contributed by atoms with Crippen LogP contribution in [0, 0.1) is 11.2 Å². The molecule has 4 aromatic rings. The van der Waals surface area contributed by atoms with E-state index < -0.39 is 11.5 Å². The van der Waals surface area contributed by atoms with Crippen LogP contribution in [0.15, 0.2) is 53.5 Å². The fourth-order valence-electron chi connectivity index (χ4n) is 4.86. The number of aryl methyl sites for hydroxylation is 1. The number of guanidine groups is 1. The van der Waals surface area contributed by atoms with Crippen LogP contribution in [0.5, 0.6) is 0 Å². The summed E-state index contributed by atoms with van der Waals surface area (Å²) in [5.74, 6) is -0.614. The summed E-state index contributed by atoms with van der Waals surface area (Å²) >= 11 is 6.23. The molecular formula is C30H38ClFN8O2. The Hall–Kier alpha value is -3.77. The smallest absolute Gasteiger partial charge is 0.354 e. The number of aromatic nitrogens is 3. The second kappa shape index (κ2) is 14.4. The van der Waals surface area contributed by atoms with Gasteiger partial charge in [0.25, 0.3) is 0 Å². The van der Waals surface area contributed by atoms with Crippen LogP contribution in [0.2, 0.25) is 5.02 Å². The van der Waals surface area contributed by atoms with Gasteiger partial charge in [-0.3, -0.25) is 9.98 Å². The van der Waals surface area contributed by atoms with Crippen LogP contribution in [0.3, 0.4) is 0 Å². The lowest BCUT2D eigenvalue weighted by Gasteiger charge is -2.18. The molecule has 0 fully saturated rings. The van der Waals surface area contributed by atoms with E-state index in [9.17, 15) is 9.90 Å². The molecule has 0 aliphatic carbocycles. The van der Waals surface area contributed by atoms with Crippen LogP contribution in [-0.4, -0.2) is 50.8 Å². The first-order chi connectivity index (χ1) is 20.1. The zero-order valence-corrected chi connectivity index (χ0v) is 24.3. The molecule has 0 saturated heterocycles. The van der Waals surface area contributed by atoms with Crippen molar-refractivity contribution in [2.24, 2.45) is 11.5 Å². The number of hydrogen-bond donors (Lipinski definition) is 7. The van der Waals surface area contributed by atoms with Crippen LogP contribution in [0.4, 0.5) is 4.39 Å². The van der Waals surface area contributed by atoms with Gasteiger partial charge in [-0.25, -0.2) is 9.18 Å². The molecule has 4 rings (SSSR count). The molecule has 0 bridgehead atoms. The highest BCUT2D eigenvalue weighted by Gasteiger charge is 2.16. The van der Waals surface area contributed by atoms with Gasteiger partial charge in [-0.2, -0.15) is 4.98 Å². The van der Waals surface area contributed by atoms with Gasteiger partial charge < -0.3 is 32.2 Å². The Kier molecular flexibility index (Phi) is 10.7. The highest BCUT2D eigenvalue weighted by atomic mass is 35.5. The van der Waals surface area contributed by atoms with Crippen molar-refractivity contribution in [2.45, 2.75) is 57.7 Å². The van der Waals surface area contributed by atoms with Gasteiger partial charge >= 0.3 is 5.69 Å². The lowest BCUT2D eigenvalue weighted by atomic mass is 10.0. The Balaban J connectivity index is 1.51. The van der Waals surface area contributed by atoms with E-state index in [0.29, 0.717) is 53.9 Å².